The molecule has 5 rings (SSSR count). The minimum absolute atomic E-state index is 0.0663. The summed E-state index contributed by atoms with van der Waals surface area (Å²) in [5.41, 5.74) is 1.89. The largest absolute Gasteiger partial charge is 0.353 e. The molecule has 1 aliphatic rings. The van der Waals surface area contributed by atoms with Gasteiger partial charge in [-0.15, -0.1) is 9.35 Å². The fourth-order valence-electron chi connectivity index (χ4n) is 5.09. The number of carbonyl (C=O) groups is 2. The van der Waals surface area contributed by atoms with E-state index in [4.69, 9.17) is 4.28 Å². The second-order valence-electron chi connectivity index (χ2n) is 12.6. The molecule has 0 bridgehead atoms. The highest BCUT2D eigenvalue weighted by Crippen LogP contribution is 2.30. The number of aromatic nitrogens is 3. The monoisotopic (exact) mass is 681 g/mol. The highest BCUT2D eigenvalue weighted by atomic mass is 32.2. The maximum atomic E-state index is 14.2. The number of aryl methyl sites for hydroxylation is 2. The van der Waals surface area contributed by atoms with Crippen molar-refractivity contribution in [1.82, 2.24) is 19.7 Å². The Morgan fingerprint density at radius 3 is 2.12 bits per heavy atom. The van der Waals surface area contributed by atoms with E-state index in [1.165, 1.54) is 15.6 Å². The van der Waals surface area contributed by atoms with Gasteiger partial charge in [-0.25, -0.2) is 23.2 Å². The molecule has 48 heavy (non-hydrogen) atoms. The summed E-state index contributed by atoms with van der Waals surface area (Å²) in [5.74, 6) is -1.91. The summed E-state index contributed by atoms with van der Waals surface area (Å²) in [4.78, 5) is 34.5. The number of hydroxylamine groups is 1. The molecule has 1 saturated heterocycles. The third-order valence-electron chi connectivity index (χ3n) is 7.72. The predicted molar refractivity (Wildman–Crippen MR) is 178 cm³/mol. The number of piperazine rings is 1. The van der Waals surface area contributed by atoms with E-state index in [1.54, 1.807) is 37.3 Å². The van der Waals surface area contributed by atoms with Crippen LogP contribution in [0, 0.1) is 25.5 Å². The Labute approximate surface area is 278 Å². The number of nitrogens with zero attached hydrogens (tertiary/aromatic N) is 6. The Bertz CT molecular complexity index is 1930. The molecular formula is C33H37F2N7O5S. The molecule has 3 amide bonds. The van der Waals surface area contributed by atoms with E-state index in [0.29, 0.717) is 46.7 Å². The van der Waals surface area contributed by atoms with Crippen molar-refractivity contribution in [3.05, 3.63) is 94.8 Å². The fourth-order valence-corrected chi connectivity index (χ4v) is 5.51. The summed E-state index contributed by atoms with van der Waals surface area (Å²) < 4.78 is 59.8. The standard InChI is InChI=1S/C33H37F2N7O5S/c1-21-10-12-23(13-11-21)41-29(20-27(38-41)33(3,4)5)42(47-48(6,45)46)32(44)37-26-14-15-28(36-22(26)2)39-16-18-40(19-17-39)31(43)30-24(34)8-7-9-25(30)35/h7-15,20H,16-19H2,1-6H3,(H,37,44). The first-order valence-electron chi connectivity index (χ1n) is 15.2. The Morgan fingerprint density at radius 1 is 0.938 bits per heavy atom. The van der Waals surface area contributed by atoms with Gasteiger partial charge in [0, 0.05) is 37.7 Å². The average molecular weight is 682 g/mol. The number of nitrogens with one attached hydrogen (secondary N) is 1. The minimum atomic E-state index is -4.17. The molecule has 0 radical (unpaired) electrons. The van der Waals surface area contributed by atoms with Gasteiger partial charge in [-0.3, -0.25) is 4.79 Å². The first-order valence-corrected chi connectivity index (χ1v) is 17.0. The van der Waals surface area contributed by atoms with Crippen molar-refractivity contribution in [2.24, 2.45) is 0 Å². The maximum absolute atomic E-state index is 14.2. The molecule has 4 aromatic rings. The van der Waals surface area contributed by atoms with Gasteiger partial charge in [0.2, 0.25) is 0 Å². The van der Waals surface area contributed by atoms with Gasteiger partial charge in [0.25, 0.3) is 16.0 Å². The fraction of sp³-hybridized carbons (Fsp3) is 0.333. The molecule has 2 aromatic heterocycles. The summed E-state index contributed by atoms with van der Waals surface area (Å²) in [6, 6.07) is 14.6. The van der Waals surface area contributed by atoms with Crippen molar-refractivity contribution in [2.45, 2.75) is 40.0 Å². The van der Waals surface area contributed by atoms with Gasteiger partial charge < -0.3 is 15.1 Å². The molecule has 3 heterocycles. The molecule has 1 aliphatic heterocycles. The zero-order chi connectivity index (χ0) is 35.0. The van der Waals surface area contributed by atoms with Crippen LogP contribution in [0.4, 0.5) is 30.9 Å². The van der Waals surface area contributed by atoms with Crippen molar-refractivity contribution in [1.29, 1.82) is 0 Å². The van der Waals surface area contributed by atoms with Crippen molar-refractivity contribution in [3.63, 3.8) is 0 Å². The molecule has 2 aromatic carbocycles. The van der Waals surface area contributed by atoms with Crippen LogP contribution in [0.5, 0.6) is 0 Å². The quantitative estimate of drug-likeness (QED) is 0.259. The van der Waals surface area contributed by atoms with E-state index in [0.717, 1.165) is 24.0 Å². The van der Waals surface area contributed by atoms with Gasteiger partial charge in [0.1, 0.15) is 23.0 Å². The first-order chi connectivity index (χ1) is 22.5. The van der Waals surface area contributed by atoms with E-state index in [9.17, 15) is 26.8 Å². The summed E-state index contributed by atoms with van der Waals surface area (Å²) in [7, 11) is -4.17. The number of halogens is 2. The van der Waals surface area contributed by atoms with Crippen LogP contribution in [0.15, 0.2) is 60.7 Å². The highest BCUT2D eigenvalue weighted by Gasteiger charge is 2.31. The second kappa shape index (κ2) is 13.3. The maximum Gasteiger partial charge on any atom is 0.353 e. The van der Waals surface area contributed by atoms with Gasteiger partial charge in [-0.05, 0) is 50.2 Å². The molecule has 0 atom stereocenters. The molecular weight excluding hydrogens is 644 g/mol. The minimum Gasteiger partial charge on any atom is -0.353 e. The topological polar surface area (TPSA) is 130 Å². The number of urea groups is 1. The van der Waals surface area contributed by atoms with Crippen LogP contribution >= 0.6 is 0 Å². The van der Waals surface area contributed by atoms with Gasteiger partial charge in [-0.2, -0.15) is 13.5 Å². The van der Waals surface area contributed by atoms with Crippen molar-refractivity contribution < 1.29 is 31.1 Å². The number of carbonyl (C=O) groups excluding carboxylic acids is 2. The van der Waals surface area contributed by atoms with Crippen LogP contribution in [0.2, 0.25) is 0 Å². The van der Waals surface area contributed by atoms with Crippen LogP contribution in [-0.4, -0.2) is 72.5 Å². The predicted octanol–water partition coefficient (Wildman–Crippen LogP) is 5.35. The van der Waals surface area contributed by atoms with Gasteiger partial charge in [0.05, 0.1) is 29.0 Å². The van der Waals surface area contributed by atoms with E-state index in [1.807, 2.05) is 44.7 Å². The third-order valence-corrected chi connectivity index (χ3v) is 8.14. The van der Waals surface area contributed by atoms with E-state index in [-0.39, 0.29) is 18.9 Å². The molecule has 254 valence electrons. The van der Waals surface area contributed by atoms with E-state index < -0.39 is 44.7 Å². The molecule has 0 unspecified atom stereocenters. The average Bonchev–Trinajstić information content (AvgIpc) is 3.47. The Morgan fingerprint density at radius 2 is 1.56 bits per heavy atom. The molecule has 1 N–H and O–H groups in total. The number of anilines is 3. The van der Waals surface area contributed by atoms with Crippen LogP contribution in [0.3, 0.4) is 0 Å². The van der Waals surface area contributed by atoms with Crippen LogP contribution in [-0.2, 0) is 19.8 Å². The summed E-state index contributed by atoms with van der Waals surface area (Å²) >= 11 is 0. The Kier molecular flexibility index (Phi) is 9.55. The number of hydrogen-bond donors (Lipinski definition) is 1. The first kappa shape index (κ1) is 34.4. The normalized spacial score (nSPS) is 13.8. The van der Waals surface area contributed by atoms with Gasteiger partial charge >= 0.3 is 6.03 Å². The summed E-state index contributed by atoms with van der Waals surface area (Å²) in [5, 5.41) is 8.04. The zero-order valence-electron chi connectivity index (χ0n) is 27.5. The lowest BCUT2D eigenvalue weighted by Gasteiger charge is -2.35. The molecule has 0 saturated carbocycles. The van der Waals surface area contributed by atoms with Crippen molar-refractivity contribution >= 4 is 39.4 Å². The second-order valence-corrected chi connectivity index (χ2v) is 14.1. The lowest BCUT2D eigenvalue weighted by atomic mass is 9.92. The number of amides is 3. The Hall–Kier alpha value is -4.89. The van der Waals surface area contributed by atoms with Crippen LogP contribution in [0.1, 0.15) is 48.1 Å². The van der Waals surface area contributed by atoms with Crippen molar-refractivity contribution in [2.75, 3.05) is 47.7 Å². The molecule has 0 spiro atoms. The van der Waals surface area contributed by atoms with Gasteiger partial charge in [0.15, 0.2) is 5.82 Å². The highest BCUT2D eigenvalue weighted by molar-refractivity contribution is 7.86. The SMILES string of the molecule is Cc1ccc(-n2nc(C(C)(C)C)cc2N(OS(C)(=O)=O)C(=O)Nc2ccc(N3CCN(C(=O)c4c(F)cccc4F)CC3)nc2C)cc1. The third kappa shape index (κ3) is 7.63. The van der Waals surface area contributed by atoms with Gasteiger partial charge in [-0.1, -0.05) is 44.5 Å². The number of pyridine rings is 1. The molecule has 1 fully saturated rings. The summed E-state index contributed by atoms with van der Waals surface area (Å²) in [6.45, 7) is 10.6. The Balaban J connectivity index is 1.36. The zero-order valence-corrected chi connectivity index (χ0v) is 28.3. The van der Waals surface area contributed by atoms with Crippen LogP contribution < -0.4 is 15.3 Å². The smallest absolute Gasteiger partial charge is 0.353 e. The van der Waals surface area contributed by atoms with E-state index >= 15 is 0 Å². The number of benzene rings is 2. The molecule has 0 aliphatic carbocycles. The summed E-state index contributed by atoms with van der Waals surface area (Å²) in [6.07, 6.45) is 0.840. The number of rotatable bonds is 7. The molecule has 12 nitrogen and oxygen atoms in total. The lowest BCUT2D eigenvalue weighted by Crippen LogP contribution is -2.49. The lowest BCUT2D eigenvalue weighted by molar-refractivity contribution is 0.0736. The van der Waals surface area contributed by atoms with Crippen molar-refractivity contribution in [3.8, 4) is 5.69 Å². The van der Waals surface area contributed by atoms with Crippen LogP contribution in [0.25, 0.3) is 5.69 Å². The molecule has 15 heteroatoms. The number of hydrogen-bond acceptors (Lipinski definition) is 8. The van der Waals surface area contributed by atoms with E-state index in [2.05, 4.69) is 15.4 Å².